The van der Waals surface area contributed by atoms with Gasteiger partial charge in [0.15, 0.2) is 0 Å². The molecule has 0 unspecified atom stereocenters. The molecule has 0 radical (unpaired) electrons. The van der Waals surface area contributed by atoms with E-state index in [0.29, 0.717) is 6.54 Å². The number of rotatable bonds is 1. The summed E-state index contributed by atoms with van der Waals surface area (Å²) in [6, 6.07) is 4.11. The van der Waals surface area contributed by atoms with Gasteiger partial charge in [-0.25, -0.2) is 8.42 Å². The number of nitrogens with zero attached hydrogens (tertiary/aromatic N) is 1. The molecular formula is C11H15NO2S. The molecular weight excluding hydrogens is 210 g/mol. The van der Waals surface area contributed by atoms with Crippen molar-refractivity contribution < 1.29 is 8.42 Å². The first-order valence-corrected chi connectivity index (χ1v) is 6.82. The van der Waals surface area contributed by atoms with Gasteiger partial charge in [-0.3, -0.25) is 4.31 Å². The van der Waals surface area contributed by atoms with Crippen molar-refractivity contribution >= 4 is 15.7 Å². The second kappa shape index (κ2) is 3.23. The summed E-state index contributed by atoms with van der Waals surface area (Å²) >= 11 is 0. The molecule has 0 saturated heterocycles. The lowest BCUT2D eigenvalue weighted by Gasteiger charge is -2.18. The van der Waals surface area contributed by atoms with Gasteiger partial charge in [-0.15, -0.1) is 0 Å². The number of sulfonamides is 1. The number of anilines is 1. The normalized spacial score (nSPS) is 15.5. The minimum atomic E-state index is -3.12. The number of hydrogen-bond donors (Lipinski definition) is 0. The Morgan fingerprint density at radius 3 is 2.53 bits per heavy atom. The Morgan fingerprint density at radius 1 is 1.27 bits per heavy atom. The summed E-state index contributed by atoms with van der Waals surface area (Å²) in [7, 11) is -3.12. The first-order valence-electron chi connectivity index (χ1n) is 4.97. The van der Waals surface area contributed by atoms with Crippen molar-refractivity contribution in [3.05, 3.63) is 28.8 Å². The van der Waals surface area contributed by atoms with Crippen LogP contribution in [0.5, 0.6) is 0 Å². The molecule has 15 heavy (non-hydrogen) atoms. The van der Waals surface area contributed by atoms with E-state index in [1.54, 1.807) is 0 Å². The molecule has 0 aromatic heterocycles. The van der Waals surface area contributed by atoms with Crippen molar-refractivity contribution in [2.45, 2.75) is 20.3 Å². The minimum Gasteiger partial charge on any atom is -0.270 e. The molecule has 0 spiro atoms. The summed E-state index contributed by atoms with van der Waals surface area (Å²) in [6.45, 7) is 4.59. The molecule has 1 aliphatic heterocycles. The van der Waals surface area contributed by atoms with Gasteiger partial charge >= 0.3 is 0 Å². The minimum absolute atomic E-state index is 0.582. The van der Waals surface area contributed by atoms with Crippen molar-refractivity contribution in [2.75, 3.05) is 17.1 Å². The van der Waals surface area contributed by atoms with Gasteiger partial charge in [0.25, 0.3) is 0 Å². The van der Waals surface area contributed by atoms with Crippen LogP contribution in [-0.2, 0) is 16.4 Å². The molecule has 3 nitrogen and oxygen atoms in total. The third kappa shape index (κ3) is 1.74. The number of hydrogen-bond acceptors (Lipinski definition) is 2. The highest BCUT2D eigenvalue weighted by molar-refractivity contribution is 7.92. The monoisotopic (exact) mass is 225 g/mol. The van der Waals surface area contributed by atoms with Crippen LogP contribution in [-0.4, -0.2) is 21.2 Å². The van der Waals surface area contributed by atoms with Gasteiger partial charge in [-0.05, 0) is 31.4 Å². The highest BCUT2D eigenvalue weighted by Crippen LogP contribution is 2.33. The third-order valence-electron chi connectivity index (χ3n) is 2.76. The van der Waals surface area contributed by atoms with Crippen LogP contribution in [0, 0.1) is 13.8 Å². The molecule has 82 valence electrons. The van der Waals surface area contributed by atoms with E-state index in [4.69, 9.17) is 0 Å². The van der Waals surface area contributed by atoms with Gasteiger partial charge in [-0.2, -0.15) is 0 Å². The van der Waals surface area contributed by atoms with Crippen LogP contribution in [0.3, 0.4) is 0 Å². The Morgan fingerprint density at radius 2 is 1.93 bits per heavy atom. The zero-order valence-electron chi connectivity index (χ0n) is 9.24. The smallest absolute Gasteiger partial charge is 0.232 e. The van der Waals surface area contributed by atoms with E-state index in [1.165, 1.54) is 16.1 Å². The summed E-state index contributed by atoms with van der Waals surface area (Å²) in [5, 5.41) is 0. The van der Waals surface area contributed by atoms with Crippen LogP contribution in [0.4, 0.5) is 5.69 Å². The van der Waals surface area contributed by atoms with Crippen molar-refractivity contribution in [3.8, 4) is 0 Å². The number of benzene rings is 1. The van der Waals surface area contributed by atoms with Gasteiger partial charge in [0.1, 0.15) is 0 Å². The lowest BCUT2D eigenvalue weighted by molar-refractivity contribution is 0.598. The van der Waals surface area contributed by atoms with E-state index >= 15 is 0 Å². The molecule has 0 N–H and O–H groups in total. The Hall–Kier alpha value is -1.03. The Labute approximate surface area is 90.8 Å². The molecule has 0 saturated carbocycles. The summed E-state index contributed by atoms with van der Waals surface area (Å²) in [5.74, 6) is 0. The zero-order chi connectivity index (χ0) is 11.2. The van der Waals surface area contributed by atoms with E-state index < -0.39 is 10.0 Å². The highest BCUT2D eigenvalue weighted by atomic mass is 32.2. The Kier molecular flexibility index (Phi) is 2.26. The Bertz CT molecular complexity index is 506. The van der Waals surface area contributed by atoms with Crippen LogP contribution in [0.1, 0.15) is 16.7 Å². The molecule has 4 heteroatoms. The maximum atomic E-state index is 11.6. The van der Waals surface area contributed by atoms with Crippen molar-refractivity contribution in [1.82, 2.24) is 0 Å². The van der Waals surface area contributed by atoms with Crippen LogP contribution < -0.4 is 4.31 Å². The van der Waals surface area contributed by atoms with E-state index in [1.807, 2.05) is 19.9 Å². The molecule has 0 amide bonds. The quantitative estimate of drug-likeness (QED) is 0.728. The molecule has 0 bridgehead atoms. The predicted octanol–water partition coefficient (Wildman–Crippen LogP) is 1.63. The number of fused-ring (bicyclic) bond motifs is 1. The van der Waals surface area contributed by atoms with Gasteiger partial charge in [0.05, 0.1) is 11.9 Å². The van der Waals surface area contributed by atoms with E-state index in [2.05, 4.69) is 6.07 Å². The molecule has 0 atom stereocenters. The summed E-state index contributed by atoms with van der Waals surface area (Å²) < 4.78 is 24.6. The molecule has 1 heterocycles. The van der Waals surface area contributed by atoms with Gasteiger partial charge in [-0.1, -0.05) is 17.7 Å². The summed E-state index contributed by atoms with van der Waals surface area (Å²) in [4.78, 5) is 0. The molecule has 1 aliphatic rings. The lowest BCUT2D eigenvalue weighted by Crippen LogP contribution is -2.28. The highest BCUT2D eigenvalue weighted by Gasteiger charge is 2.27. The molecule has 1 aromatic carbocycles. The molecule has 1 aromatic rings. The van der Waals surface area contributed by atoms with Gasteiger partial charge in [0, 0.05) is 6.54 Å². The average Bonchev–Trinajstić information content (AvgIpc) is 2.45. The topological polar surface area (TPSA) is 37.4 Å². The first-order chi connectivity index (χ1) is 6.89. The molecule has 0 aliphatic carbocycles. The third-order valence-corrected chi connectivity index (χ3v) is 3.92. The predicted molar refractivity (Wildman–Crippen MR) is 61.8 cm³/mol. The fourth-order valence-electron chi connectivity index (χ4n) is 2.26. The average molecular weight is 225 g/mol. The van der Waals surface area contributed by atoms with Crippen LogP contribution in [0.2, 0.25) is 0 Å². The first kappa shape index (κ1) is 10.5. The summed E-state index contributed by atoms with van der Waals surface area (Å²) in [5.41, 5.74) is 4.29. The maximum absolute atomic E-state index is 11.6. The van der Waals surface area contributed by atoms with E-state index in [0.717, 1.165) is 23.2 Å². The maximum Gasteiger partial charge on any atom is 0.232 e. The lowest BCUT2D eigenvalue weighted by atomic mass is 10.0. The number of aryl methyl sites for hydroxylation is 2. The van der Waals surface area contributed by atoms with Crippen molar-refractivity contribution in [3.63, 3.8) is 0 Å². The summed E-state index contributed by atoms with van der Waals surface area (Å²) in [6.07, 6.45) is 2.09. The van der Waals surface area contributed by atoms with Gasteiger partial charge in [0.2, 0.25) is 10.0 Å². The standard InChI is InChI=1S/C11H15NO2S/c1-8-6-9(2)11-10(7-8)4-5-12(11)15(3,13)14/h6-7H,4-5H2,1-3H3. The fourth-order valence-corrected chi connectivity index (χ4v) is 3.28. The van der Waals surface area contributed by atoms with Gasteiger partial charge < -0.3 is 0 Å². The van der Waals surface area contributed by atoms with Crippen LogP contribution >= 0.6 is 0 Å². The molecule has 0 fully saturated rings. The largest absolute Gasteiger partial charge is 0.270 e. The van der Waals surface area contributed by atoms with Crippen molar-refractivity contribution in [2.24, 2.45) is 0 Å². The van der Waals surface area contributed by atoms with Crippen LogP contribution in [0.15, 0.2) is 12.1 Å². The molecule has 2 rings (SSSR count). The van der Waals surface area contributed by atoms with E-state index in [9.17, 15) is 8.42 Å². The Balaban J connectivity index is 2.61. The second-order valence-electron chi connectivity index (χ2n) is 4.17. The van der Waals surface area contributed by atoms with E-state index in [-0.39, 0.29) is 0 Å². The zero-order valence-corrected chi connectivity index (χ0v) is 10.1. The fraction of sp³-hybridized carbons (Fsp3) is 0.455. The van der Waals surface area contributed by atoms with Crippen molar-refractivity contribution in [1.29, 1.82) is 0 Å². The SMILES string of the molecule is Cc1cc(C)c2c(c1)CCN2S(C)(=O)=O. The van der Waals surface area contributed by atoms with Crippen LogP contribution in [0.25, 0.3) is 0 Å². The second-order valence-corrected chi connectivity index (χ2v) is 6.08.